The van der Waals surface area contributed by atoms with Crippen molar-refractivity contribution in [3.63, 3.8) is 0 Å². The van der Waals surface area contributed by atoms with E-state index < -0.39 is 11.7 Å². The average molecular weight is 498 g/mol. The summed E-state index contributed by atoms with van der Waals surface area (Å²) in [7, 11) is 3.35. The summed E-state index contributed by atoms with van der Waals surface area (Å²) in [6, 6.07) is 5.26. The molecule has 0 radical (unpaired) electrons. The van der Waals surface area contributed by atoms with E-state index in [1.54, 1.807) is 14.1 Å². The average Bonchev–Trinajstić information content (AvgIpc) is 3.09. The SMILES string of the molecule is CN(C)C(=O)CNC(=NCc1ccc(C(F)(F)F)cc1)NC1CCCC1.I. The van der Waals surface area contributed by atoms with Crippen molar-refractivity contribution in [2.45, 2.75) is 44.4 Å². The second-order valence-corrected chi connectivity index (χ2v) is 6.63. The molecule has 1 aliphatic rings. The molecule has 9 heteroatoms. The van der Waals surface area contributed by atoms with E-state index in [4.69, 9.17) is 0 Å². The van der Waals surface area contributed by atoms with Gasteiger partial charge in [-0.1, -0.05) is 25.0 Å². The summed E-state index contributed by atoms with van der Waals surface area (Å²) in [5, 5.41) is 6.31. The predicted molar refractivity (Wildman–Crippen MR) is 110 cm³/mol. The van der Waals surface area contributed by atoms with Crippen molar-refractivity contribution in [3.8, 4) is 0 Å². The summed E-state index contributed by atoms with van der Waals surface area (Å²) in [4.78, 5) is 17.7. The molecule has 0 unspecified atom stereocenters. The number of nitrogens with zero attached hydrogens (tertiary/aromatic N) is 2. The Morgan fingerprint density at radius 3 is 2.30 bits per heavy atom. The lowest BCUT2D eigenvalue weighted by Gasteiger charge is -2.18. The van der Waals surface area contributed by atoms with Crippen LogP contribution in [0.25, 0.3) is 0 Å². The summed E-state index contributed by atoms with van der Waals surface area (Å²) < 4.78 is 37.9. The molecule has 27 heavy (non-hydrogen) atoms. The Kier molecular flexibility index (Phi) is 9.34. The van der Waals surface area contributed by atoms with Gasteiger partial charge in [-0.15, -0.1) is 24.0 Å². The zero-order valence-corrected chi connectivity index (χ0v) is 17.8. The van der Waals surface area contributed by atoms with Gasteiger partial charge in [0.05, 0.1) is 18.7 Å². The molecule has 1 aliphatic carbocycles. The lowest BCUT2D eigenvalue weighted by molar-refractivity contribution is -0.137. The van der Waals surface area contributed by atoms with Crippen LogP contribution in [0.15, 0.2) is 29.3 Å². The van der Waals surface area contributed by atoms with Crippen LogP contribution in [-0.2, 0) is 17.5 Å². The van der Waals surface area contributed by atoms with Gasteiger partial charge in [0.1, 0.15) is 0 Å². The smallest absolute Gasteiger partial charge is 0.354 e. The van der Waals surface area contributed by atoms with Crippen molar-refractivity contribution in [2.24, 2.45) is 4.99 Å². The van der Waals surface area contributed by atoms with Crippen molar-refractivity contribution in [1.29, 1.82) is 0 Å². The van der Waals surface area contributed by atoms with Gasteiger partial charge in [-0.2, -0.15) is 13.2 Å². The van der Waals surface area contributed by atoms with Gasteiger partial charge < -0.3 is 15.5 Å². The minimum atomic E-state index is -4.34. The molecule has 2 rings (SSSR count). The first-order chi connectivity index (χ1) is 12.3. The molecule has 1 aromatic rings. The quantitative estimate of drug-likeness (QED) is 0.372. The van der Waals surface area contributed by atoms with Crippen LogP contribution in [0, 0.1) is 0 Å². The topological polar surface area (TPSA) is 56.7 Å². The molecule has 1 fully saturated rings. The number of hydrogen-bond donors (Lipinski definition) is 2. The summed E-state index contributed by atoms with van der Waals surface area (Å²) >= 11 is 0. The molecule has 1 amide bonds. The largest absolute Gasteiger partial charge is 0.416 e. The first-order valence-electron chi connectivity index (χ1n) is 8.67. The van der Waals surface area contributed by atoms with Gasteiger partial charge in [0.15, 0.2) is 5.96 Å². The van der Waals surface area contributed by atoms with E-state index in [0.29, 0.717) is 17.6 Å². The van der Waals surface area contributed by atoms with Crippen LogP contribution in [0.4, 0.5) is 13.2 Å². The maximum Gasteiger partial charge on any atom is 0.416 e. The second-order valence-electron chi connectivity index (χ2n) is 6.63. The molecular formula is C18H26F3IN4O. The van der Waals surface area contributed by atoms with Crippen molar-refractivity contribution in [1.82, 2.24) is 15.5 Å². The minimum Gasteiger partial charge on any atom is -0.354 e. The standard InChI is InChI=1S/C18H25F3N4O.HI/c1-25(2)16(26)12-23-17(24-15-5-3-4-6-15)22-11-13-7-9-14(10-8-13)18(19,20)21;/h7-10,15H,3-6,11-12H2,1-2H3,(H2,22,23,24);1H. The lowest BCUT2D eigenvalue weighted by atomic mass is 10.1. The van der Waals surface area contributed by atoms with E-state index in [1.807, 2.05) is 0 Å². The fraction of sp³-hybridized carbons (Fsp3) is 0.556. The van der Waals surface area contributed by atoms with E-state index >= 15 is 0 Å². The number of guanidine groups is 1. The minimum absolute atomic E-state index is 0. The maximum absolute atomic E-state index is 12.6. The van der Waals surface area contributed by atoms with Gasteiger partial charge in [-0.3, -0.25) is 4.79 Å². The second kappa shape index (κ2) is 10.7. The molecule has 5 nitrogen and oxygen atoms in total. The molecule has 0 saturated heterocycles. The Hall–Kier alpha value is -1.52. The molecule has 1 aromatic carbocycles. The highest BCUT2D eigenvalue weighted by molar-refractivity contribution is 14.0. The van der Waals surface area contributed by atoms with Gasteiger partial charge >= 0.3 is 6.18 Å². The Labute approximate surface area is 174 Å². The highest BCUT2D eigenvalue weighted by Crippen LogP contribution is 2.29. The molecule has 0 aromatic heterocycles. The third kappa shape index (κ3) is 7.94. The monoisotopic (exact) mass is 498 g/mol. The molecule has 0 aliphatic heterocycles. The molecule has 0 bridgehead atoms. The third-order valence-electron chi connectivity index (χ3n) is 4.30. The normalized spacial score (nSPS) is 15.2. The Balaban J connectivity index is 0.00000364. The van der Waals surface area contributed by atoms with E-state index in [2.05, 4.69) is 15.6 Å². The Morgan fingerprint density at radius 1 is 1.19 bits per heavy atom. The zero-order chi connectivity index (χ0) is 19.2. The van der Waals surface area contributed by atoms with Crippen LogP contribution in [-0.4, -0.2) is 43.4 Å². The molecule has 2 N–H and O–H groups in total. The number of likely N-dealkylation sites (N-methyl/N-ethyl adjacent to an activating group) is 1. The number of nitrogens with one attached hydrogen (secondary N) is 2. The number of hydrogen-bond acceptors (Lipinski definition) is 2. The number of carbonyl (C=O) groups is 1. The molecular weight excluding hydrogens is 472 g/mol. The molecule has 1 saturated carbocycles. The fourth-order valence-corrected chi connectivity index (χ4v) is 2.70. The van der Waals surface area contributed by atoms with Crippen LogP contribution in [0.3, 0.4) is 0 Å². The maximum atomic E-state index is 12.6. The van der Waals surface area contributed by atoms with Crippen molar-refractivity contribution >= 4 is 35.8 Å². The highest BCUT2D eigenvalue weighted by atomic mass is 127. The van der Waals surface area contributed by atoms with Crippen LogP contribution >= 0.6 is 24.0 Å². The highest BCUT2D eigenvalue weighted by Gasteiger charge is 2.29. The van der Waals surface area contributed by atoms with Crippen LogP contribution < -0.4 is 10.6 Å². The first-order valence-corrected chi connectivity index (χ1v) is 8.67. The van der Waals surface area contributed by atoms with Gasteiger partial charge in [0.25, 0.3) is 0 Å². The van der Waals surface area contributed by atoms with Crippen LogP contribution in [0.5, 0.6) is 0 Å². The zero-order valence-electron chi connectivity index (χ0n) is 15.5. The molecule has 0 heterocycles. The van der Waals surface area contributed by atoms with Crippen molar-refractivity contribution < 1.29 is 18.0 Å². The van der Waals surface area contributed by atoms with Gasteiger partial charge in [0.2, 0.25) is 5.91 Å². The number of amides is 1. The lowest BCUT2D eigenvalue weighted by Crippen LogP contribution is -2.46. The summed E-state index contributed by atoms with van der Waals surface area (Å²) in [6.07, 6.45) is 0.0528. The number of benzene rings is 1. The first kappa shape index (κ1) is 23.5. The fourth-order valence-electron chi connectivity index (χ4n) is 2.70. The third-order valence-corrected chi connectivity index (χ3v) is 4.30. The number of alkyl halides is 3. The van der Waals surface area contributed by atoms with E-state index in [0.717, 1.165) is 37.8 Å². The van der Waals surface area contributed by atoms with Gasteiger partial charge in [-0.05, 0) is 30.5 Å². The van der Waals surface area contributed by atoms with Gasteiger partial charge in [-0.25, -0.2) is 4.99 Å². The molecule has 0 spiro atoms. The number of carbonyl (C=O) groups excluding carboxylic acids is 1. The van der Waals surface area contributed by atoms with Gasteiger partial charge in [0, 0.05) is 20.1 Å². The predicted octanol–water partition coefficient (Wildman–Crippen LogP) is 3.39. The van der Waals surface area contributed by atoms with Crippen molar-refractivity contribution in [2.75, 3.05) is 20.6 Å². The Bertz CT molecular complexity index is 626. The van der Waals surface area contributed by atoms with Crippen LogP contribution in [0.2, 0.25) is 0 Å². The summed E-state index contributed by atoms with van der Waals surface area (Å²) in [5.41, 5.74) is -0.00584. The molecule has 152 valence electrons. The number of halogens is 4. The molecule has 0 atom stereocenters. The van der Waals surface area contributed by atoms with E-state index in [9.17, 15) is 18.0 Å². The van der Waals surface area contributed by atoms with Crippen molar-refractivity contribution in [3.05, 3.63) is 35.4 Å². The summed E-state index contributed by atoms with van der Waals surface area (Å²) in [6.45, 7) is 0.342. The Morgan fingerprint density at radius 2 is 1.78 bits per heavy atom. The number of aliphatic imine (C=N–C) groups is 1. The summed E-state index contributed by atoms with van der Waals surface area (Å²) in [5.74, 6) is 0.424. The van der Waals surface area contributed by atoms with Crippen LogP contribution in [0.1, 0.15) is 36.8 Å². The van der Waals surface area contributed by atoms with E-state index in [1.165, 1.54) is 17.0 Å². The van der Waals surface area contributed by atoms with E-state index in [-0.39, 0.29) is 43.0 Å². The number of rotatable bonds is 5.